The lowest BCUT2D eigenvalue weighted by Gasteiger charge is -2.20. The Morgan fingerprint density at radius 1 is 1.47 bits per heavy atom. The molecule has 0 aliphatic carbocycles. The number of carbonyl (C=O) groups is 2. The van der Waals surface area contributed by atoms with E-state index in [9.17, 15) is 9.59 Å². The average Bonchev–Trinajstić information content (AvgIpc) is 2.39. The second-order valence-electron chi connectivity index (χ2n) is 4.28. The number of rotatable bonds is 4. The number of nitrogen functional groups attached to an aromatic ring is 1. The molecule has 0 fully saturated rings. The highest BCUT2D eigenvalue weighted by atomic mass is 35.5. The Bertz CT molecular complexity index is 491. The average molecular weight is 284 g/mol. The van der Waals surface area contributed by atoms with Gasteiger partial charge in [-0.25, -0.2) is 0 Å². The lowest BCUT2D eigenvalue weighted by molar-refractivity contribution is -0.131. The smallest absolute Gasteiger partial charge is 0.251 e. The Morgan fingerprint density at radius 2 is 2.11 bits per heavy atom. The number of halogens is 1. The molecule has 1 rings (SSSR count). The van der Waals surface area contributed by atoms with E-state index in [4.69, 9.17) is 17.3 Å². The van der Waals surface area contributed by atoms with Crippen LogP contribution in [0.2, 0.25) is 5.02 Å². The highest BCUT2D eigenvalue weighted by Crippen LogP contribution is 2.19. The van der Waals surface area contributed by atoms with Gasteiger partial charge in [0.25, 0.3) is 5.91 Å². The minimum Gasteiger partial charge on any atom is -0.398 e. The van der Waals surface area contributed by atoms with Gasteiger partial charge in [0.05, 0.1) is 10.7 Å². The Kier molecular flexibility index (Phi) is 5.18. The number of hydrogen-bond donors (Lipinski definition) is 2. The molecule has 0 heterocycles. The van der Waals surface area contributed by atoms with Crippen LogP contribution in [0.1, 0.15) is 24.2 Å². The molecule has 19 heavy (non-hydrogen) atoms. The van der Waals surface area contributed by atoms with Gasteiger partial charge in [0.2, 0.25) is 5.91 Å². The first-order valence-electron chi connectivity index (χ1n) is 5.97. The van der Waals surface area contributed by atoms with Crippen molar-refractivity contribution >= 4 is 29.1 Å². The van der Waals surface area contributed by atoms with Crippen LogP contribution in [0.3, 0.4) is 0 Å². The Labute approximate surface area is 117 Å². The van der Waals surface area contributed by atoms with Crippen molar-refractivity contribution in [1.82, 2.24) is 10.2 Å². The number of nitrogens with two attached hydrogens (primary N) is 1. The van der Waals surface area contributed by atoms with Crippen molar-refractivity contribution < 1.29 is 9.59 Å². The third-order valence-corrected chi connectivity index (χ3v) is 3.17. The van der Waals surface area contributed by atoms with E-state index >= 15 is 0 Å². The fourth-order valence-corrected chi connectivity index (χ4v) is 1.63. The van der Waals surface area contributed by atoms with E-state index in [1.807, 2.05) is 6.92 Å². The van der Waals surface area contributed by atoms with E-state index < -0.39 is 6.04 Å². The molecule has 104 valence electrons. The summed E-state index contributed by atoms with van der Waals surface area (Å²) >= 11 is 5.78. The highest BCUT2D eigenvalue weighted by Gasteiger charge is 2.19. The molecule has 0 aromatic heterocycles. The molecule has 0 saturated carbocycles. The van der Waals surface area contributed by atoms with Crippen molar-refractivity contribution in [3.63, 3.8) is 0 Å². The molecule has 2 amide bonds. The van der Waals surface area contributed by atoms with Crippen LogP contribution in [0, 0.1) is 0 Å². The number of hydrogen-bond acceptors (Lipinski definition) is 3. The van der Waals surface area contributed by atoms with E-state index in [0.29, 0.717) is 22.8 Å². The minimum atomic E-state index is -0.589. The number of likely N-dealkylation sites (N-methyl/N-ethyl adjacent to an activating group) is 1. The summed E-state index contributed by atoms with van der Waals surface area (Å²) in [5, 5.41) is 3.02. The molecule has 3 N–H and O–H groups in total. The predicted molar refractivity (Wildman–Crippen MR) is 76.1 cm³/mol. The minimum absolute atomic E-state index is 0.141. The highest BCUT2D eigenvalue weighted by molar-refractivity contribution is 6.33. The monoisotopic (exact) mass is 283 g/mol. The summed E-state index contributed by atoms with van der Waals surface area (Å²) in [6.45, 7) is 4.10. The molecule has 1 atom stereocenters. The zero-order valence-electron chi connectivity index (χ0n) is 11.2. The summed E-state index contributed by atoms with van der Waals surface area (Å²) in [5.41, 5.74) is 6.34. The molecule has 0 saturated heterocycles. The van der Waals surface area contributed by atoms with Gasteiger partial charge < -0.3 is 16.0 Å². The van der Waals surface area contributed by atoms with Crippen molar-refractivity contribution in [3.05, 3.63) is 28.8 Å². The molecule has 0 spiro atoms. The summed E-state index contributed by atoms with van der Waals surface area (Å²) < 4.78 is 0. The standard InChI is InChI=1S/C13H18ClN3O2/c1-4-17(3)13(19)8(2)16-12(18)9-5-6-10(14)11(15)7-9/h5-8H,4,15H2,1-3H3,(H,16,18). The van der Waals surface area contributed by atoms with Crippen LogP contribution in [0.15, 0.2) is 18.2 Å². The van der Waals surface area contributed by atoms with E-state index in [0.717, 1.165) is 0 Å². The van der Waals surface area contributed by atoms with Crippen LogP contribution in [0.25, 0.3) is 0 Å². The van der Waals surface area contributed by atoms with Crippen LogP contribution in [-0.4, -0.2) is 36.3 Å². The van der Waals surface area contributed by atoms with Gasteiger partial charge >= 0.3 is 0 Å². The maximum atomic E-state index is 12.0. The van der Waals surface area contributed by atoms with Crippen LogP contribution < -0.4 is 11.1 Å². The third kappa shape index (κ3) is 3.86. The zero-order valence-corrected chi connectivity index (χ0v) is 12.0. The van der Waals surface area contributed by atoms with Crippen molar-refractivity contribution in [2.45, 2.75) is 19.9 Å². The summed E-state index contributed by atoms with van der Waals surface area (Å²) in [5.74, 6) is -0.494. The van der Waals surface area contributed by atoms with Gasteiger partial charge in [-0.15, -0.1) is 0 Å². The van der Waals surface area contributed by atoms with Gasteiger partial charge in [0.1, 0.15) is 6.04 Å². The number of carbonyl (C=O) groups excluding carboxylic acids is 2. The largest absolute Gasteiger partial charge is 0.398 e. The molecule has 0 radical (unpaired) electrons. The van der Waals surface area contributed by atoms with E-state index in [1.165, 1.54) is 6.07 Å². The summed E-state index contributed by atoms with van der Waals surface area (Å²) in [6, 6.07) is 4.01. The Balaban J connectivity index is 2.74. The van der Waals surface area contributed by atoms with E-state index in [2.05, 4.69) is 5.32 Å². The predicted octanol–water partition coefficient (Wildman–Crippen LogP) is 1.52. The van der Waals surface area contributed by atoms with Gasteiger partial charge in [0.15, 0.2) is 0 Å². The van der Waals surface area contributed by atoms with Gasteiger partial charge in [-0.2, -0.15) is 0 Å². The second-order valence-corrected chi connectivity index (χ2v) is 4.69. The maximum absolute atomic E-state index is 12.0. The topological polar surface area (TPSA) is 75.4 Å². The first kappa shape index (κ1) is 15.3. The van der Waals surface area contributed by atoms with Crippen molar-refractivity contribution in [1.29, 1.82) is 0 Å². The first-order valence-corrected chi connectivity index (χ1v) is 6.35. The van der Waals surface area contributed by atoms with Crippen LogP contribution in [0.4, 0.5) is 5.69 Å². The summed E-state index contributed by atoms with van der Waals surface area (Å²) in [7, 11) is 1.69. The van der Waals surface area contributed by atoms with Crippen molar-refractivity contribution in [2.75, 3.05) is 19.3 Å². The number of nitrogens with zero attached hydrogens (tertiary/aromatic N) is 1. The van der Waals surface area contributed by atoms with Gasteiger partial charge in [-0.1, -0.05) is 11.6 Å². The van der Waals surface area contributed by atoms with Gasteiger partial charge in [-0.05, 0) is 32.0 Å². The molecule has 1 aromatic rings. The fourth-order valence-electron chi connectivity index (χ4n) is 1.51. The SMILES string of the molecule is CCN(C)C(=O)C(C)NC(=O)c1ccc(Cl)c(N)c1. The first-order chi connectivity index (χ1) is 8.86. The molecule has 0 aliphatic heterocycles. The lowest BCUT2D eigenvalue weighted by Crippen LogP contribution is -2.45. The molecular formula is C13H18ClN3O2. The quantitative estimate of drug-likeness (QED) is 0.823. The normalized spacial score (nSPS) is 11.8. The third-order valence-electron chi connectivity index (χ3n) is 2.83. The van der Waals surface area contributed by atoms with Crippen molar-refractivity contribution in [3.8, 4) is 0 Å². The second kappa shape index (κ2) is 6.43. The maximum Gasteiger partial charge on any atom is 0.251 e. The molecule has 5 nitrogen and oxygen atoms in total. The number of anilines is 1. The molecular weight excluding hydrogens is 266 g/mol. The zero-order chi connectivity index (χ0) is 14.6. The van der Waals surface area contributed by atoms with Crippen LogP contribution in [0.5, 0.6) is 0 Å². The number of benzene rings is 1. The Hall–Kier alpha value is -1.75. The Morgan fingerprint density at radius 3 is 2.63 bits per heavy atom. The molecule has 1 aromatic carbocycles. The fraction of sp³-hybridized carbons (Fsp3) is 0.385. The number of nitrogens with one attached hydrogen (secondary N) is 1. The van der Waals surface area contributed by atoms with E-state index in [1.54, 1.807) is 31.0 Å². The molecule has 1 unspecified atom stereocenters. The summed E-state index contributed by atoms with van der Waals surface area (Å²) in [4.78, 5) is 25.3. The van der Waals surface area contributed by atoms with Crippen molar-refractivity contribution in [2.24, 2.45) is 0 Å². The van der Waals surface area contributed by atoms with Crippen LogP contribution >= 0.6 is 11.6 Å². The summed E-state index contributed by atoms with van der Waals surface area (Å²) in [6.07, 6.45) is 0. The molecule has 0 aliphatic rings. The lowest BCUT2D eigenvalue weighted by atomic mass is 10.1. The van der Waals surface area contributed by atoms with Gasteiger partial charge in [0, 0.05) is 19.2 Å². The molecule has 6 heteroatoms. The molecule has 0 bridgehead atoms. The number of amides is 2. The van der Waals surface area contributed by atoms with Crippen LogP contribution in [-0.2, 0) is 4.79 Å². The van der Waals surface area contributed by atoms with E-state index in [-0.39, 0.29) is 11.8 Å². The van der Waals surface area contributed by atoms with Gasteiger partial charge in [-0.3, -0.25) is 9.59 Å².